The average molecular weight is 336 g/mol. The molecule has 1 aliphatic rings. The van der Waals surface area contributed by atoms with Crippen LogP contribution in [0.4, 0.5) is 0 Å². The number of ether oxygens (including phenoxy) is 1. The summed E-state index contributed by atoms with van der Waals surface area (Å²) in [6.45, 7) is 0.366. The molecule has 124 valence electrons. The van der Waals surface area contributed by atoms with Gasteiger partial charge < -0.3 is 10.1 Å². The van der Waals surface area contributed by atoms with Crippen LogP contribution in [-0.2, 0) is 20.7 Å². The fourth-order valence-electron chi connectivity index (χ4n) is 2.51. The van der Waals surface area contributed by atoms with Crippen LogP contribution < -0.4 is 5.32 Å². The highest BCUT2D eigenvalue weighted by Gasteiger charge is 2.09. The van der Waals surface area contributed by atoms with E-state index in [9.17, 15) is 9.59 Å². The molecule has 0 bridgehead atoms. The zero-order valence-electron chi connectivity index (χ0n) is 13.1. The SMILES string of the molecule is O=C(COC(=O)Cc1ccc(Cl)cc1)NCCC1=CCCCC1. The van der Waals surface area contributed by atoms with Crippen molar-refractivity contribution in [2.24, 2.45) is 0 Å². The molecule has 0 radical (unpaired) electrons. The summed E-state index contributed by atoms with van der Waals surface area (Å²) in [4.78, 5) is 23.3. The number of allylic oxidation sites excluding steroid dienone is 1. The first-order valence-corrected chi connectivity index (χ1v) is 8.36. The fourth-order valence-corrected chi connectivity index (χ4v) is 2.64. The van der Waals surface area contributed by atoms with Gasteiger partial charge in [-0.15, -0.1) is 0 Å². The van der Waals surface area contributed by atoms with Crippen molar-refractivity contribution in [3.8, 4) is 0 Å². The highest BCUT2D eigenvalue weighted by atomic mass is 35.5. The third kappa shape index (κ3) is 6.87. The molecule has 0 aromatic heterocycles. The van der Waals surface area contributed by atoms with Crippen LogP contribution >= 0.6 is 11.6 Å². The molecule has 1 amide bonds. The third-order valence-electron chi connectivity index (χ3n) is 3.78. The van der Waals surface area contributed by atoms with Crippen LogP contribution in [0.2, 0.25) is 5.02 Å². The lowest BCUT2D eigenvalue weighted by molar-refractivity contribution is -0.147. The first-order valence-electron chi connectivity index (χ1n) is 7.98. The van der Waals surface area contributed by atoms with Crippen molar-refractivity contribution in [1.82, 2.24) is 5.32 Å². The summed E-state index contributed by atoms with van der Waals surface area (Å²) in [7, 11) is 0. The second-order valence-electron chi connectivity index (χ2n) is 5.67. The Kier molecular flexibility index (Phi) is 7.14. The van der Waals surface area contributed by atoms with Gasteiger partial charge in [-0.05, 0) is 49.8 Å². The van der Waals surface area contributed by atoms with Crippen molar-refractivity contribution < 1.29 is 14.3 Å². The zero-order chi connectivity index (χ0) is 16.5. The van der Waals surface area contributed by atoms with Gasteiger partial charge in [0, 0.05) is 11.6 Å². The van der Waals surface area contributed by atoms with Crippen LogP contribution in [0.5, 0.6) is 0 Å². The van der Waals surface area contributed by atoms with E-state index in [1.807, 2.05) is 0 Å². The molecule has 5 heteroatoms. The minimum absolute atomic E-state index is 0.136. The summed E-state index contributed by atoms with van der Waals surface area (Å²) in [5.41, 5.74) is 2.22. The van der Waals surface area contributed by atoms with E-state index in [1.54, 1.807) is 24.3 Å². The number of rotatable bonds is 7. The van der Waals surface area contributed by atoms with Crippen LogP contribution in [0.15, 0.2) is 35.9 Å². The second-order valence-corrected chi connectivity index (χ2v) is 6.11. The first kappa shape index (κ1) is 17.5. The first-order chi connectivity index (χ1) is 11.1. The van der Waals surface area contributed by atoms with Crippen LogP contribution in [0, 0.1) is 0 Å². The zero-order valence-corrected chi connectivity index (χ0v) is 13.9. The van der Waals surface area contributed by atoms with Gasteiger partial charge >= 0.3 is 5.97 Å². The maximum absolute atomic E-state index is 11.7. The minimum Gasteiger partial charge on any atom is -0.455 e. The smallest absolute Gasteiger partial charge is 0.310 e. The van der Waals surface area contributed by atoms with Gasteiger partial charge in [-0.1, -0.05) is 35.4 Å². The molecule has 2 rings (SSSR count). The minimum atomic E-state index is -0.419. The molecular formula is C18H22ClNO3. The number of hydrogen-bond donors (Lipinski definition) is 1. The predicted molar refractivity (Wildman–Crippen MR) is 90.3 cm³/mol. The van der Waals surface area contributed by atoms with Crippen molar-refractivity contribution in [2.45, 2.75) is 38.5 Å². The van der Waals surface area contributed by atoms with Crippen LogP contribution in [0.3, 0.4) is 0 Å². The lowest BCUT2D eigenvalue weighted by Crippen LogP contribution is -2.30. The highest BCUT2D eigenvalue weighted by Crippen LogP contribution is 2.19. The molecule has 0 unspecified atom stereocenters. The topological polar surface area (TPSA) is 55.4 Å². The molecule has 0 saturated heterocycles. The van der Waals surface area contributed by atoms with Gasteiger partial charge in [-0.25, -0.2) is 0 Å². The molecule has 1 aromatic carbocycles. The summed E-state index contributed by atoms with van der Waals surface area (Å²) < 4.78 is 4.98. The van der Waals surface area contributed by atoms with E-state index >= 15 is 0 Å². The van der Waals surface area contributed by atoms with Crippen molar-refractivity contribution in [1.29, 1.82) is 0 Å². The number of carbonyl (C=O) groups excluding carboxylic acids is 2. The second kappa shape index (κ2) is 9.36. The van der Waals surface area contributed by atoms with E-state index in [-0.39, 0.29) is 18.9 Å². The fraction of sp³-hybridized carbons (Fsp3) is 0.444. The molecule has 0 atom stereocenters. The summed E-state index contributed by atoms with van der Waals surface area (Å²) in [6.07, 6.45) is 8.06. The monoisotopic (exact) mass is 335 g/mol. The number of amides is 1. The van der Waals surface area contributed by atoms with E-state index < -0.39 is 5.97 Å². The number of hydrogen-bond acceptors (Lipinski definition) is 3. The standard InChI is InChI=1S/C18H22ClNO3/c19-16-8-6-15(7-9-16)12-18(22)23-13-17(21)20-11-10-14-4-2-1-3-5-14/h4,6-9H,1-3,5,10-13H2,(H,20,21). The molecule has 0 spiro atoms. The Labute approximate surface area is 141 Å². The molecule has 1 aromatic rings. The average Bonchev–Trinajstić information content (AvgIpc) is 2.56. The van der Waals surface area contributed by atoms with Gasteiger partial charge in [0.25, 0.3) is 5.91 Å². The van der Waals surface area contributed by atoms with Crippen molar-refractivity contribution >= 4 is 23.5 Å². The lowest BCUT2D eigenvalue weighted by atomic mass is 9.97. The maximum atomic E-state index is 11.7. The Balaban J connectivity index is 1.60. The summed E-state index contributed by atoms with van der Waals surface area (Å²) in [5.74, 6) is -0.677. The third-order valence-corrected chi connectivity index (χ3v) is 4.03. The molecule has 0 saturated carbocycles. The lowest BCUT2D eigenvalue weighted by Gasteiger charge is -2.13. The highest BCUT2D eigenvalue weighted by molar-refractivity contribution is 6.30. The van der Waals surface area contributed by atoms with E-state index in [0.29, 0.717) is 11.6 Å². The summed E-state index contributed by atoms with van der Waals surface area (Å²) in [6, 6.07) is 6.97. The van der Waals surface area contributed by atoms with Gasteiger partial charge in [-0.3, -0.25) is 9.59 Å². The molecule has 1 aliphatic carbocycles. The van der Waals surface area contributed by atoms with E-state index in [0.717, 1.165) is 24.8 Å². The van der Waals surface area contributed by atoms with Gasteiger partial charge in [0.2, 0.25) is 0 Å². The van der Waals surface area contributed by atoms with Gasteiger partial charge in [0.15, 0.2) is 6.61 Å². The molecule has 0 aliphatic heterocycles. The van der Waals surface area contributed by atoms with E-state index in [1.165, 1.54) is 18.4 Å². The Morgan fingerprint density at radius 2 is 1.96 bits per heavy atom. The molecule has 0 heterocycles. The van der Waals surface area contributed by atoms with Crippen molar-refractivity contribution in [3.63, 3.8) is 0 Å². The van der Waals surface area contributed by atoms with Gasteiger partial charge in [-0.2, -0.15) is 0 Å². The van der Waals surface area contributed by atoms with Crippen LogP contribution in [0.25, 0.3) is 0 Å². The normalized spacial score (nSPS) is 14.0. The van der Waals surface area contributed by atoms with Gasteiger partial charge in [0.05, 0.1) is 6.42 Å². The molecule has 4 nitrogen and oxygen atoms in total. The maximum Gasteiger partial charge on any atom is 0.310 e. The number of benzene rings is 1. The van der Waals surface area contributed by atoms with Crippen molar-refractivity contribution in [2.75, 3.05) is 13.2 Å². The Bertz CT molecular complexity index is 566. The Morgan fingerprint density at radius 1 is 1.17 bits per heavy atom. The molecule has 1 N–H and O–H groups in total. The quantitative estimate of drug-likeness (QED) is 0.613. The summed E-state index contributed by atoms with van der Waals surface area (Å²) in [5, 5.41) is 3.40. The number of esters is 1. The molecule has 0 fully saturated rings. The van der Waals surface area contributed by atoms with Gasteiger partial charge in [0.1, 0.15) is 0 Å². The Morgan fingerprint density at radius 3 is 2.65 bits per heavy atom. The van der Waals surface area contributed by atoms with E-state index in [2.05, 4.69) is 11.4 Å². The van der Waals surface area contributed by atoms with Crippen molar-refractivity contribution in [3.05, 3.63) is 46.5 Å². The number of nitrogens with one attached hydrogen (secondary N) is 1. The van der Waals surface area contributed by atoms with Crippen LogP contribution in [0.1, 0.15) is 37.7 Å². The Hall–Kier alpha value is -1.81. The molecule has 23 heavy (non-hydrogen) atoms. The predicted octanol–water partition coefficient (Wildman–Crippen LogP) is 3.43. The largest absolute Gasteiger partial charge is 0.455 e. The number of carbonyl (C=O) groups is 2. The summed E-state index contributed by atoms with van der Waals surface area (Å²) >= 11 is 5.78. The molecular weight excluding hydrogens is 314 g/mol. The van der Waals surface area contributed by atoms with E-state index in [4.69, 9.17) is 16.3 Å². The van der Waals surface area contributed by atoms with Crippen LogP contribution in [-0.4, -0.2) is 25.0 Å². The number of halogens is 1.